The summed E-state index contributed by atoms with van der Waals surface area (Å²) in [4.78, 5) is 11.3. The predicted molar refractivity (Wildman–Crippen MR) is 50.3 cm³/mol. The summed E-state index contributed by atoms with van der Waals surface area (Å²) in [6.45, 7) is -1.78. The van der Waals surface area contributed by atoms with Gasteiger partial charge in [-0.05, 0) is 0 Å². The molecule has 0 aliphatic heterocycles. The van der Waals surface area contributed by atoms with E-state index in [-0.39, 0.29) is 11.3 Å². The van der Waals surface area contributed by atoms with Crippen molar-refractivity contribution in [3.05, 3.63) is 17.5 Å². The normalized spacial score (nSPS) is 11.6. The number of carbonyl (C=O) groups excluding carboxylic acids is 1. The molecular formula is C9H11F3N2O3. The van der Waals surface area contributed by atoms with Gasteiger partial charge in [-0.25, -0.2) is 4.79 Å². The van der Waals surface area contributed by atoms with E-state index in [4.69, 9.17) is 0 Å². The van der Waals surface area contributed by atoms with Gasteiger partial charge in [0.2, 0.25) is 0 Å². The lowest BCUT2D eigenvalue weighted by atomic mass is 10.2. The zero-order valence-electron chi connectivity index (χ0n) is 9.24. The van der Waals surface area contributed by atoms with Gasteiger partial charge in [0.05, 0.1) is 13.7 Å². The zero-order valence-corrected chi connectivity index (χ0v) is 9.24. The molecule has 1 heterocycles. The van der Waals surface area contributed by atoms with Gasteiger partial charge >= 0.3 is 12.1 Å². The number of carbonyl (C=O) groups is 1. The number of nitrogens with zero attached hydrogens (tertiary/aromatic N) is 2. The van der Waals surface area contributed by atoms with Gasteiger partial charge in [-0.15, -0.1) is 0 Å². The van der Waals surface area contributed by atoms with Crippen LogP contribution in [0.25, 0.3) is 0 Å². The molecule has 96 valence electrons. The summed E-state index contributed by atoms with van der Waals surface area (Å²) in [5.74, 6) is -0.663. The molecule has 0 aromatic carbocycles. The molecule has 0 radical (unpaired) electrons. The van der Waals surface area contributed by atoms with Crippen LogP contribution < -0.4 is 0 Å². The van der Waals surface area contributed by atoms with Crippen molar-refractivity contribution < 1.29 is 27.4 Å². The predicted octanol–water partition coefficient (Wildman–Crippen LogP) is 1.29. The number of aryl methyl sites for hydroxylation is 1. The van der Waals surface area contributed by atoms with Crippen molar-refractivity contribution in [3.63, 3.8) is 0 Å². The number of hydrogen-bond donors (Lipinski definition) is 0. The van der Waals surface area contributed by atoms with Crippen molar-refractivity contribution in [1.29, 1.82) is 0 Å². The van der Waals surface area contributed by atoms with Crippen molar-refractivity contribution in [3.8, 4) is 0 Å². The van der Waals surface area contributed by atoms with Crippen LogP contribution in [0, 0.1) is 0 Å². The molecule has 0 amide bonds. The van der Waals surface area contributed by atoms with Crippen molar-refractivity contribution in [2.24, 2.45) is 7.05 Å². The van der Waals surface area contributed by atoms with Gasteiger partial charge in [0.15, 0.2) is 0 Å². The van der Waals surface area contributed by atoms with Gasteiger partial charge < -0.3 is 9.47 Å². The number of halogens is 3. The summed E-state index contributed by atoms with van der Waals surface area (Å²) in [5, 5.41) is 3.82. The fourth-order valence-electron chi connectivity index (χ4n) is 1.19. The van der Waals surface area contributed by atoms with Crippen LogP contribution in [0.1, 0.15) is 16.1 Å². The monoisotopic (exact) mass is 252 g/mol. The van der Waals surface area contributed by atoms with E-state index in [9.17, 15) is 18.0 Å². The Morgan fingerprint density at radius 3 is 2.71 bits per heavy atom. The minimum atomic E-state index is -4.40. The maximum absolute atomic E-state index is 11.8. The molecule has 0 bridgehead atoms. The molecule has 0 fully saturated rings. The number of alkyl halides is 3. The summed E-state index contributed by atoms with van der Waals surface area (Å²) in [6.07, 6.45) is -3.04. The highest BCUT2D eigenvalue weighted by Gasteiger charge is 2.28. The Morgan fingerprint density at radius 2 is 2.18 bits per heavy atom. The van der Waals surface area contributed by atoms with E-state index in [0.29, 0.717) is 0 Å². The van der Waals surface area contributed by atoms with E-state index in [2.05, 4.69) is 14.6 Å². The van der Waals surface area contributed by atoms with Crippen molar-refractivity contribution in [2.75, 3.05) is 13.7 Å². The Labute approximate surface area is 95.1 Å². The van der Waals surface area contributed by atoms with Gasteiger partial charge in [0.1, 0.15) is 17.9 Å². The Bertz CT molecular complexity index is 401. The molecule has 0 unspecified atom stereocenters. The van der Waals surface area contributed by atoms with Gasteiger partial charge in [-0.3, -0.25) is 4.68 Å². The minimum absolute atomic E-state index is 0.0946. The molecule has 0 saturated heterocycles. The highest BCUT2D eigenvalue weighted by Crippen LogP contribution is 2.16. The number of methoxy groups -OCH3 is 1. The average molecular weight is 252 g/mol. The summed E-state index contributed by atoms with van der Waals surface area (Å²) >= 11 is 0. The van der Waals surface area contributed by atoms with Crippen molar-refractivity contribution in [2.45, 2.75) is 12.8 Å². The number of esters is 1. The second-order valence-corrected chi connectivity index (χ2v) is 3.26. The van der Waals surface area contributed by atoms with Gasteiger partial charge in [-0.2, -0.15) is 18.3 Å². The first-order chi connectivity index (χ1) is 7.83. The van der Waals surface area contributed by atoms with Gasteiger partial charge in [-0.1, -0.05) is 0 Å². The number of rotatable bonds is 4. The molecule has 0 aliphatic rings. The molecule has 1 aromatic heterocycles. The quantitative estimate of drug-likeness (QED) is 0.757. The first-order valence-corrected chi connectivity index (χ1v) is 4.59. The van der Waals surface area contributed by atoms with Gasteiger partial charge in [0.25, 0.3) is 0 Å². The maximum atomic E-state index is 11.8. The second kappa shape index (κ2) is 5.17. The minimum Gasteiger partial charge on any atom is -0.465 e. The lowest BCUT2D eigenvalue weighted by Gasteiger charge is -2.06. The third kappa shape index (κ3) is 4.06. The number of ether oxygens (including phenoxy) is 2. The topological polar surface area (TPSA) is 53.4 Å². The lowest BCUT2D eigenvalue weighted by Crippen LogP contribution is -2.17. The third-order valence-corrected chi connectivity index (χ3v) is 1.82. The standard InChI is InChI=1S/C9H11F3N2O3/c1-14-3-6(8(15)16-2)7(13-14)4-17-5-9(10,11)12/h3H,4-5H2,1-2H3. The SMILES string of the molecule is COC(=O)c1cn(C)nc1COCC(F)(F)F. The highest BCUT2D eigenvalue weighted by molar-refractivity contribution is 5.90. The van der Waals surface area contributed by atoms with Crippen LogP contribution in [0.4, 0.5) is 13.2 Å². The largest absolute Gasteiger partial charge is 0.465 e. The average Bonchev–Trinajstić information content (AvgIpc) is 2.57. The molecule has 0 aliphatic carbocycles. The van der Waals surface area contributed by atoms with Crippen molar-refractivity contribution in [1.82, 2.24) is 9.78 Å². The Morgan fingerprint density at radius 1 is 1.53 bits per heavy atom. The van der Waals surface area contributed by atoms with Crippen molar-refractivity contribution >= 4 is 5.97 Å². The van der Waals surface area contributed by atoms with Gasteiger partial charge in [0, 0.05) is 13.2 Å². The first kappa shape index (κ1) is 13.5. The maximum Gasteiger partial charge on any atom is 0.411 e. The zero-order chi connectivity index (χ0) is 13.1. The van der Waals surface area contributed by atoms with E-state index in [0.717, 1.165) is 0 Å². The van der Waals surface area contributed by atoms with E-state index < -0.39 is 25.4 Å². The van der Waals surface area contributed by atoms with E-state index in [1.165, 1.54) is 18.0 Å². The third-order valence-electron chi connectivity index (χ3n) is 1.82. The lowest BCUT2D eigenvalue weighted by molar-refractivity contribution is -0.176. The molecule has 0 atom stereocenters. The Kier molecular flexibility index (Phi) is 4.11. The Balaban J connectivity index is 2.67. The second-order valence-electron chi connectivity index (χ2n) is 3.26. The molecule has 1 aromatic rings. The van der Waals surface area contributed by atoms with Crippen LogP contribution in [0.3, 0.4) is 0 Å². The fraction of sp³-hybridized carbons (Fsp3) is 0.556. The van der Waals surface area contributed by atoms with Crippen LogP contribution in [-0.2, 0) is 23.1 Å². The Hall–Kier alpha value is -1.57. The van der Waals surface area contributed by atoms with Crippen LogP contribution in [-0.4, -0.2) is 35.6 Å². The van der Waals surface area contributed by atoms with E-state index >= 15 is 0 Å². The summed E-state index contributed by atoms with van der Waals surface area (Å²) in [7, 11) is 2.72. The molecule has 1 rings (SSSR count). The van der Waals surface area contributed by atoms with E-state index in [1.807, 2.05) is 0 Å². The summed E-state index contributed by atoms with van der Waals surface area (Å²) in [5.41, 5.74) is 0.209. The molecule has 8 heteroatoms. The summed E-state index contributed by atoms with van der Waals surface area (Å²) < 4.78 is 45.7. The molecule has 0 spiro atoms. The number of aromatic nitrogens is 2. The molecule has 0 N–H and O–H groups in total. The van der Waals surface area contributed by atoms with Crippen LogP contribution in [0.15, 0.2) is 6.20 Å². The van der Waals surface area contributed by atoms with Crippen LogP contribution >= 0.6 is 0 Å². The van der Waals surface area contributed by atoms with Crippen LogP contribution in [0.5, 0.6) is 0 Å². The highest BCUT2D eigenvalue weighted by atomic mass is 19.4. The number of hydrogen-bond acceptors (Lipinski definition) is 4. The molecule has 0 saturated carbocycles. The van der Waals surface area contributed by atoms with Crippen LogP contribution in [0.2, 0.25) is 0 Å². The molecule has 5 nitrogen and oxygen atoms in total. The van der Waals surface area contributed by atoms with E-state index in [1.54, 1.807) is 7.05 Å². The smallest absolute Gasteiger partial charge is 0.411 e. The molecular weight excluding hydrogens is 241 g/mol. The summed E-state index contributed by atoms with van der Waals surface area (Å²) in [6, 6.07) is 0. The first-order valence-electron chi connectivity index (χ1n) is 4.59. The fourth-order valence-corrected chi connectivity index (χ4v) is 1.19. The molecule has 17 heavy (non-hydrogen) atoms.